The number of hydrogen-bond donors (Lipinski definition) is 2. The fourth-order valence-corrected chi connectivity index (χ4v) is 3.36. The van der Waals surface area contributed by atoms with Crippen molar-refractivity contribution >= 4 is 23.3 Å². The molecule has 0 radical (unpaired) electrons. The average molecular weight is 340 g/mol. The molecular weight excluding hydrogens is 320 g/mol. The van der Waals surface area contributed by atoms with Crippen LogP contribution in [0.2, 0.25) is 0 Å². The Bertz CT molecular complexity index is 806. The summed E-state index contributed by atoms with van der Waals surface area (Å²) < 4.78 is 5.71. The molecule has 2 amide bonds. The van der Waals surface area contributed by atoms with Crippen molar-refractivity contribution in [3.05, 3.63) is 41.6 Å². The highest BCUT2D eigenvalue weighted by Crippen LogP contribution is 2.37. The van der Waals surface area contributed by atoms with Gasteiger partial charge in [0.2, 0.25) is 5.91 Å². The van der Waals surface area contributed by atoms with Crippen LogP contribution in [0.4, 0.5) is 11.5 Å². The highest BCUT2D eigenvalue weighted by molar-refractivity contribution is 5.95. The number of benzene rings is 1. The lowest BCUT2D eigenvalue weighted by atomic mass is 10.2. The first-order valence-corrected chi connectivity index (χ1v) is 8.46. The number of primary amides is 1. The number of fused-ring (bicyclic) bond motifs is 1. The van der Waals surface area contributed by atoms with Gasteiger partial charge in [0.15, 0.2) is 11.6 Å². The number of nitrogens with two attached hydrogens (primary N) is 1. The Morgan fingerprint density at radius 3 is 2.48 bits per heavy atom. The molecule has 0 saturated carbocycles. The van der Waals surface area contributed by atoms with Gasteiger partial charge in [-0.3, -0.25) is 9.59 Å². The van der Waals surface area contributed by atoms with E-state index in [1.807, 2.05) is 21.9 Å². The van der Waals surface area contributed by atoms with Gasteiger partial charge in [0, 0.05) is 30.4 Å². The molecule has 1 fully saturated rings. The van der Waals surface area contributed by atoms with Gasteiger partial charge in [-0.2, -0.15) is 0 Å². The largest absolute Gasteiger partial charge is 0.488 e. The third kappa shape index (κ3) is 2.82. The molecule has 7 heteroatoms. The molecule has 0 unspecified atom stereocenters. The van der Waals surface area contributed by atoms with Crippen LogP contribution in [0.25, 0.3) is 0 Å². The van der Waals surface area contributed by atoms with Crippen LogP contribution >= 0.6 is 0 Å². The lowest BCUT2D eigenvalue weighted by Gasteiger charge is -2.28. The van der Waals surface area contributed by atoms with E-state index < -0.39 is 5.91 Å². The maximum absolute atomic E-state index is 12.6. The minimum absolute atomic E-state index is 0.0135. The maximum Gasteiger partial charge on any atom is 0.270 e. The van der Waals surface area contributed by atoms with E-state index in [4.69, 9.17) is 10.5 Å². The van der Waals surface area contributed by atoms with Gasteiger partial charge >= 0.3 is 0 Å². The summed E-state index contributed by atoms with van der Waals surface area (Å²) in [4.78, 5) is 31.0. The van der Waals surface area contributed by atoms with Crippen LogP contribution in [0.5, 0.6) is 5.75 Å². The molecule has 130 valence electrons. The number of nitrogens with zero attached hydrogens (tertiary/aromatic N) is 2. The first-order chi connectivity index (χ1) is 12.1. The minimum atomic E-state index is -0.451. The van der Waals surface area contributed by atoms with Crippen LogP contribution in [0.1, 0.15) is 33.7 Å². The summed E-state index contributed by atoms with van der Waals surface area (Å²) in [6, 6.07) is 8.87. The van der Waals surface area contributed by atoms with E-state index in [9.17, 15) is 9.59 Å². The molecule has 2 aliphatic heterocycles. The summed E-state index contributed by atoms with van der Waals surface area (Å²) >= 11 is 0. The molecule has 0 bridgehead atoms. The second kappa shape index (κ2) is 6.16. The van der Waals surface area contributed by atoms with Crippen LogP contribution in [-0.4, -0.2) is 47.9 Å². The Morgan fingerprint density at radius 2 is 1.80 bits per heavy atom. The number of carbonyl (C=O) groups is 2. The van der Waals surface area contributed by atoms with Gasteiger partial charge < -0.3 is 25.3 Å². The Hall–Kier alpha value is -2.96. The van der Waals surface area contributed by atoms with Crippen molar-refractivity contribution in [1.29, 1.82) is 0 Å². The fraction of sp³-hybridized carbons (Fsp3) is 0.333. The molecule has 1 saturated heterocycles. The van der Waals surface area contributed by atoms with E-state index in [1.165, 1.54) is 0 Å². The molecule has 0 spiro atoms. The van der Waals surface area contributed by atoms with Crippen LogP contribution in [0, 0.1) is 0 Å². The van der Waals surface area contributed by atoms with Crippen LogP contribution in [-0.2, 0) is 0 Å². The highest BCUT2D eigenvalue weighted by atomic mass is 16.5. The summed E-state index contributed by atoms with van der Waals surface area (Å²) in [5.74, 6) is 1.00. The molecule has 2 aliphatic rings. The van der Waals surface area contributed by atoms with Crippen molar-refractivity contribution in [2.45, 2.75) is 12.8 Å². The Labute approximate surface area is 145 Å². The number of carbonyl (C=O) groups excluding carboxylic acids is 2. The summed E-state index contributed by atoms with van der Waals surface area (Å²) in [6.07, 6.45) is 2.11. The van der Waals surface area contributed by atoms with Crippen molar-refractivity contribution in [2.24, 2.45) is 5.73 Å². The number of anilines is 2. The minimum Gasteiger partial charge on any atom is -0.488 e. The molecule has 3 N–H and O–H groups in total. The summed E-state index contributed by atoms with van der Waals surface area (Å²) in [5, 5.41) is 0. The smallest absolute Gasteiger partial charge is 0.270 e. The number of aromatic amines is 1. The molecule has 0 aliphatic carbocycles. The lowest BCUT2D eigenvalue weighted by Crippen LogP contribution is -2.29. The third-order valence-corrected chi connectivity index (χ3v) is 4.69. The van der Waals surface area contributed by atoms with Gasteiger partial charge in [-0.25, -0.2) is 0 Å². The van der Waals surface area contributed by atoms with Gasteiger partial charge in [0.1, 0.15) is 12.3 Å². The summed E-state index contributed by atoms with van der Waals surface area (Å²) in [6.45, 7) is 2.80. The maximum atomic E-state index is 12.6. The van der Waals surface area contributed by atoms with Gasteiger partial charge in [-0.15, -0.1) is 0 Å². The number of likely N-dealkylation sites (tertiary alicyclic amines) is 1. The molecule has 25 heavy (non-hydrogen) atoms. The zero-order valence-electron chi connectivity index (χ0n) is 13.8. The Morgan fingerprint density at radius 1 is 1.08 bits per heavy atom. The van der Waals surface area contributed by atoms with Crippen LogP contribution in [0.3, 0.4) is 0 Å². The lowest BCUT2D eigenvalue weighted by molar-refractivity contribution is 0.0787. The second-order valence-electron chi connectivity index (χ2n) is 6.31. The molecule has 0 atom stereocenters. The van der Waals surface area contributed by atoms with E-state index in [0.717, 1.165) is 37.4 Å². The predicted molar refractivity (Wildman–Crippen MR) is 93.4 cm³/mol. The Kier molecular flexibility index (Phi) is 3.83. The first kappa shape index (κ1) is 15.6. The van der Waals surface area contributed by atoms with E-state index in [-0.39, 0.29) is 5.91 Å². The number of rotatable bonds is 3. The van der Waals surface area contributed by atoms with Crippen molar-refractivity contribution < 1.29 is 14.3 Å². The molecule has 3 heterocycles. The topological polar surface area (TPSA) is 91.7 Å². The number of amides is 2. The molecular formula is C18H20N4O3. The normalized spacial score (nSPS) is 16.5. The molecule has 1 aromatic carbocycles. The van der Waals surface area contributed by atoms with Crippen molar-refractivity contribution in [3.8, 4) is 5.75 Å². The fourth-order valence-electron chi connectivity index (χ4n) is 3.36. The molecule has 7 nitrogen and oxygen atoms in total. The monoisotopic (exact) mass is 340 g/mol. The van der Waals surface area contributed by atoms with Gasteiger partial charge in [0.25, 0.3) is 5.91 Å². The number of nitrogens with one attached hydrogen (secondary N) is 1. The van der Waals surface area contributed by atoms with E-state index in [1.54, 1.807) is 18.2 Å². The van der Waals surface area contributed by atoms with Crippen molar-refractivity contribution in [2.75, 3.05) is 31.1 Å². The van der Waals surface area contributed by atoms with E-state index in [2.05, 4.69) is 4.98 Å². The molecule has 2 aromatic rings. The molecule has 1 aromatic heterocycles. The average Bonchev–Trinajstić information content (AvgIpc) is 3.30. The standard InChI is InChI=1S/C18H20N4O3/c19-16(23)12-3-5-13(6-4-12)22-9-10-25-15-11-14(20-17(15)22)18(24)21-7-1-2-8-21/h3-6,11,20H,1-2,7-10H2,(H2,19,23). The van der Waals surface area contributed by atoms with Gasteiger partial charge in [-0.1, -0.05) is 0 Å². The summed E-state index contributed by atoms with van der Waals surface area (Å²) in [7, 11) is 0. The van der Waals surface area contributed by atoms with Gasteiger partial charge in [0.05, 0.1) is 6.54 Å². The SMILES string of the molecule is NC(=O)c1ccc(N2CCOc3cc(C(=O)N4CCCC4)[nH]c32)cc1. The zero-order valence-corrected chi connectivity index (χ0v) is 13.8. The second-order valence-corrected chi connectivity index (χ2v) is 6.31. The van der Waals surface area contributed by atoms with Crippen molar-refractivity contribution in [1.82, 2.24) is 9.88 Å². The van der Waals surface area contributed by atoms with E-state index >= 15 is 0 Å². The van der Waals surface area contributed by atoms with Crippen LogP contribution < -0.4 is 15.4 Å². The van der Waals surface area contributed by atoms with E-state index in [0.29, 0.717) is 30.2 Å². The first-order valence-electron chi connectivity index (χ1n) is 8.46. The number of ether oxygens (including phenoxy) is 1. The van der Waals surface area contributed by atoms with Crippen LogP contribution in [0.15, 0.2) is 30.3 Å². The van der Waals surface area contributed by atoms with Crippen molar-refractivity contribution in [3.63, 3.8) is 0 Å². The zero-order chi connectivity index (χ0) is 17.4. The summed E-state index contributed by atoms with van der Waals surface area (Å²) in [5.41, 5.74) is 7.22. The predicted octanol–water partition coefficient (Wildman–Crippen LogP) is 1.88. The number of aromatic nitrogens is 1. The third-order valence-electron chi connectivity index (χ3n) is 4.69. The number of hydrogen-bond acceptors (Lipinski definition) is 4. The number of H-pyrrole nitrogens is 1. The Balaban J connectivity index is 1.63. The molecule has 4 rings (SSSR count). The highest BCUT2D eigenvalue weighted by Gasteiger charge is 2.27. The quantitative estimate of drug-likeness (QED) is 0.892. The van der Waals surface area contributed by atoms with Gasteiger partial charge in [-0.05, 0) is 37.1 Å².